The molecule has 1 aromatic rings. The largest absolute Gasteiger partial charge is 0.495 e. The van der Waals surface area contributed by atoms with Gasteiger partial charge in [-0.05, 0) is 24.6 Å². The molecule has 7 heteroatoms. The molecule has 0 aliphatic carbocycles. The molecule has 2 fully saturated rings. The predicted molar refractivity (Wildman–Crippen MR) is 65.0 cm³/mol. The topological polar surface area (TPSA) is 55.8 Å². The fourth-order valence-corrected chi connectivity index (χ4v) is 4.46. The molecule has 0 saturated carbocycles. The fraction of sp³-hybridized carbons (Fsp3) is 0.500. The van der Waals surface area contributed by atoms with Crippen LogP contribution in [0.2, 0.25) is 0 Å². The summed E-state index contributed by atoms with van der Waals surface area (Å²) in [5, 5.41) is 0. The standard InChI is InChI=1S/C12H14FNO4S/c1-17-11-3-2-8(13)4-12(11)19(15,16)14-6-10-5-9(14)7-18-10/h2-4,9-10H,5-7H2,1H3/t9-,10+/m0/s1. The molecule has 0 amide bonds. The first kappa shape index (κ1) is 12.8. The van der Waals surface area contributed by atoms with Gasteiger partial charge in [0.05, 0.1) is 25.9 Å². The van der Waals surface area contributed by atoms with Gasteiger partial charge in [0.25, 0.3) is 0 Å². The highest BCUT2D eigenvalue weighted by molar-refractivity contribution is 7.89. The second-order valence-electron chi connectivity index (χ2n) is 4.71. The van der Waals surface area contributed by atoms with E-state index in [4.69, 9.17) is 9.47 Å². The molecule has 2 bridgehead atoms. The van der Waals surface area contributed by atoms with E-state index in [0.717, 1.165) is 6.07 Å². The van der Waals surface area contributed by atoms with Crippen molar-refractivity contribution in [1.29, 1.82) is 0 Å². The van der Waals surface area contributed by atoms with Gasteiger partial charge in [-0.1, -0.05) is 0 Å². The third-order valence-electron chi connectivity index (χ3n) is 3.56. The van der Waals surface area contributed by atoms with E-state index >= 15 is 0 Å². The van der Waals surface area contributed by atoms with E-state index in [1.165, 1.54) is 23.5 Å². The highest BCUT2D eigenvalue weighted by Crippen LogP contribution is 2.35. The Hall–Kier alpha value is -1.18. The first-order valence-corrected chi connectivity index (χ1v) is 7.43. The minimum atomic E-state index is -3.75. The molecule has 0 radical (unpaired) electrons. The van der Waals surface area contributed by atoms with E-state index in [1.54, 1.807) is 0 Å². The first-order valence-electron chi connectivity index (χ1n) is 5.99. The van der Waals surface area contributed by atoms with Crippen LogP contribution in [-0.2, 0) is 14.8 Å². The minimum absolute atomic E-state index is 0.0423. The molecule has 0 N–H and O–H groups in total. The van der Waals surface area contributed by atoms with Crippen molar-refractivity contribution in [3.05, 3.63) is 24.0 Å². The Morgan fingerprint density at radius 3 is 2.84 bits per heavy atom. The van der Waals surface area contributed by atoms with Crippen LogP contribution in [0.5, 0.6) is 5.75 Å². The van der Waals surface area contributed by atoms with Gasteiger partial charge in [-0.3, -0.25) is 0 Å². The Morgan fingerprint density at radius 1 is 1.47 bits per heavy atom. The maximum Gasteiger partial charge on any atom is 0.247 e. The summed E-state index contributed by atoms with van der Waals surface area (Å²) in [6.07, 6.45) is 0.663. The van der Waals surface area contributed by atoms with Crippen LogP contribution in [0.25, 0.3) is 0 Å². The van der Waals surface area contributed by atoms with Crippen LogP contribution in [0.1, 0.15) is 6.42 Å². The Labute approximate surface area is 111 Å². The lowest BCUT2D eigenvalue weighted by Gasteiger charge is -2.26. The number of hydrogen-bond donors (Lipinski definition) is 0. The van der Waals surface area contributed by atoms with Gasteiger partial charge in [-0.25, -0.2) is 12.8 Å². The van der Waals surface area contributed by atoms with Gasteiger partial charge >= 0.3 is 0 Å². The summed E-state index contributed by atoms with van der Waals surface area (Å²) < 4.78 is 50.3. The summed E-state index contributed by atoms with van der Waals surface area (Å²) in [6, 6.07) is 3.36. The number of benzene rings is 1. The third-order valence-corrected chi connectivity index (χ3v) is 5.50. The van der Waals surface area contributed by atoms with Crippen LogP contribution >= 0.6 is 0 Å². The van der Waals surface area contributed by atoms with E-state index in [0.29, 0.717) is 19.6 Å². The molecule has 104 valence electrons. The van der Waals surface area contributed by atoms with E-state index in [2.05, 4.69) is 0 Å². The molecule has 2 saturated heterocycles. The van der Waals surface area contributed by atoms with E-state index in [9.17, 15) is 12.8 Å². The van der Waals surface area contributed by atoms with Crippen molar-refractivity contribution in [2.24, 2.45) is 0 Å². The zero-order valence-electron chi connectivity index (χ0n) is 10.4. The van der Waals surface area contributed by atoms with Crippen molar-refractivity contribution < 1.29 is 22.3 Å². The second kappa shape index (κ2) is 4.43. The highest BCUT2D eigenvalue weighted by Gasteiger charge is 2.46. The molecule has 1 aromatic carbocycles. The van der Waals surface area contributed by atoms with Gasteiger partial charge < -0.3 is 9.47 Å². The SMILES string of the molecule is COc1ccc(F)cc1S(=O)(=O)N1C[C@H]2C[C@H]1CO2. The Balaban J connectivity index is 2.03. The number of halogens is 1. The van der Waals surface area contributed by atoms with E-state index < -0.39 is 15.8 Å². The summed E-state index contributed by atoms with van der Waals surface area (Å²) >= 11 is 0. The van der Waals surface area contributed by atoms with Crippen molar-refractivity contribution >= 4 is 10.0 Å². The van der Waals surface area contributed by atoms with E-state index in [1.807, 2.05) is 0 Å². The van der Waals surface area contributed by atoms with Gasteiger partial charge in [0, 0.05) is 6.54 Å². The Morgan fingerprint density at radius 2 is 2.26 bits per heavy atom. The normalized spacial score (nSPS) is 26.8. The Kier molecular flexibility index (Phi) is 2.99. The summed E-state index contributed by atoms with van der Waals surface area (Å²) in [5.41, 5.74) is 0. The van der Waals surface area contributed by atoms with Crippen molar-refractivity contribution in [3.63, 3.8) is 0 Å². The van der Waals surface area contributed by atoms with Gasteiger partial charge in [-0.2, -0.15) is 4.31 Å². The van der Waals surface area contributed by atoms with Crippen LogP contribution in [0.3, 0.4) is 0 Å². The molecule has 2 heterocycles. The van der Waals surface area contributed by atoms with Crippen molar-refractivity contribution in [1.82, 2.24) is 4.31 Å². The zero-order chi connectivity index (χ0) is 13.6. The number of ether oxygens (including phenoxy) is 2. The monoisotopic (exact) mass is 287 g/mol. The van der Waals surface area contributed by atoms with Gasteiger partial charge in [0.1, 0.15) is 16.5 Å². The third kappa shape index (κ3) is 2.01. The van der Waals surface area contributed by atoms with Crippen molar-refractivity contribution in [2.45, 2.75) is 23.5 Å². The molecule has 5 nitrogen and oxygen atoms in total. The number of sulfonamides is 1. The Bertz CT molecular complexity index is 604. The molecule has 0 aromatic heterocycles. The summed E-state index contributed by atoms with van der Waals surface area (Å²) in [5.74, 6) is -0.440. The lowest BCUT2D eigenvalue weighted by atomic mass is 10.3. The molecule has 2 aliphatic heterocycles. The average molecular weight is 287 g/mol. The van der Waals surface area contributed by atoms with Crippen LogP contribution in [0.4, 0.5) is 4.39 Å². The average Bonchev–Trinajstić information content (AvgIpc) is 3.01. The maximum absolute atomic E-state index is 13.3. The molecule has 2 atom stereocenters. The highest BCUT2D eigenvalue weighted by atomic mass is 32.2. The van der Waals surface area contributed by atoms with Crippen molar-refractivity contribution in [2.75, 3.05) is 20.3 Å². The summed E-state index contributed by atoms with van der Waals surface area (Å²) in [7, 11) is -2.38. The summed E-state index contributed by atoms with van der Waals surface area (Å²) in [6.45, 7) is 0.730. The molecule has 0 unspecified atom stereocenters. The van der Waals surface area contributed by atoms with Gasteiger partial charge in [-0.15, -0.1) is 0 Å². The second-order valence-corrected chi connectivity index (χ2v) is 6.57. The number of morpholine rings is 1. The number of hydrogen-bond acceptors (Lipinski definition) is 4. The van der Waals surface area contributed by atoms with Crippen molar-refractivity contribution in [3.8, 4) is 5.75 Å². The number of nitrogens with zero attached hydrogens (tertiary/aromatic N) is 1. The van der Waals surface area contributed by atoms with Gasteiger partial charge in [0.2, 0.25) is 10.0 Å². The fourth-order valence-electron chi connectivity index (χ4n) is 2.64. The van der Waals surface area contributed by atoms with E-state index in [-0.39, 0.29) is 22.8 Å². The number of rotatable bonds is 3. The van der Waals surface area contributed by atoms with Gasteiger partial charge in [0.15, 0.2) is 0 Å². The maximum atomic E-state index is 13.3. The zero-order valence-corrected chi connectivity index (χ0v) is 11.2. The molecule has 19 heavy (non-hydrogen) atoms. The van der Waals surface area contributed by atoms with Crippen LogP contribution in [0, 0.1) is 5.82 Å². The minimum Gasteiger partial charge on any atom is -0.495 e. The number of fused-ring (bicyclic) bond motifs is 2. The first-order chi connectivity index (χ1) is 9.02. The number of methoxy groups -OCH3 is 1. The lowest BCUT2D eigenvalue weighted by molar-refractivity contribution is 0.0608. The molecule has 0 spiro atoms. The molecular weight excluding hydrogens is 273 g/mol. The molecule has 3 rings (SSSR count). The van der Waals surface area contributed by atoms with Crippen LogP contribution < -0.4 is 4.74 Å². The predicted octanol–water partition coefficient (Wildman–Crippen LogP) is 0.996. The smallest absolute Gasteiger partial charge is 0.247 e. The van der Waals surface area contributed by atoms with Crippen LogP contribution in [0.15, 0.2) is 23.1 Å². The van der Waals surface area contributed by atoms with Crippen LogP contribution in [-0.4, -0.2) is 45.1 Å². The quantitative estimate of drug-likeness (QED) is 0.832. The molecule has 2 aliphatic rings. The summed E-state index contributed by atoms with van der Waals surface area (Å²) in [4.78, 5) is -0.123. The lowest BCUT2D eigenvalue weighted by Crippen LogP contribution is -2.41. The molecular formula is C12H14FNO4S.